The zero-order valence-corrected chi connectivity index (χ0v) is 7.88. The van der Waals surface area contributed by atoms with Crippen LogP contribution in [0.4, 0.5) is 0 Å². The molecule has 5 nitrogen and oxygen atoms in total. The van der Waals surface area contributed by atoms with E-state index >= 15 is 0 Å². The molecule has 1 aromatic heterocycles. The maximum atomic E-state index is 9.16. The molecule has 0 bridgehead atoms. The molecule has 12 heavy (non-hydrogen) atoms. The van der Waals surface area contributed by atoms with Crippen LogP contribution in [0, 0.1) is 10.8 Å². The van der Waals surface area contributed by atoms with Crippen molar-refractivity contribution in [1.29, 1.82) is 10.8 Å². The zero-order valence-electron chi connectivity index (χ0n) is 6.30. The minimum Gasteiger partial charge on any atom is -0.480 e. The predicted molar refractivity (Wildman–Crippen MR) is 46.2 cm³/mol. The first-order valence-electron chi connectivity index (χ1n) is 3.10. The van der Waals surface area contributed by atoms with Crippen LogP contribution in [0.5, 0.6) is 6.01 Å². The Bertz CT molecular complexity index is 384. The van der Waals surface area contributed by atoms with Gasteiger partial charge in [-0.3, -0.25) is 10.8 Å². The van der Waals surface area contributed by atoms with Crippen molar-refractivity contribution >= 4 is 21.8 Å². The highest BCUT2D eigenvalue weighted by Crippen LogP contribution is 2.05. The van der Waals surface area contributed by atoms with Gasteiger partial charge in [-0.05, 0) is 22.9 Å². The molecule has 0 atom stereocenters. The Labute approximate surface area is 76.8 Å². The summed E-state index contributed by atoms with van der Waals surface area (Å²) in [4.78, 5) is 3.57. The Morgan fingerprint density at radius 3 is 2.75 bits per heavy atom. The van der Waals surface area contributed by atoms with Crippen LogP contribution in [0.1, 0.15) is 6.92 Å². The van der Waals surface area contributed by atoms with Crippen molar-refractivity contribution in [1.82, 2.24) is 9.55 Å². The van der Waals surface area contributed by atoms with E-state index in [0.29, 0.717) is 4.47 Å². The number of halogens is 1. The molecule has 0 radical (unpaired) electrons. The van der Waals surface area contributed by atoms with Gasteiger partial charge in [0.15, 0.2) is 5.49 Å². The topological polar surface area (TPSA) is 85.8 Å². The van der Waals surface area contributed by atoms with Crippen LogP contribution >= 0.6 is 15.9 Å². The van der Waals surface area contributed by atoms with Gasteiger partial charge in [0.2, 0.25) is 0 Å². The first-order chi connectivity index (χ1) is 5.54. The third-order valence-electron chi connectivity index (χ3n) is 1.28. The van der Waals surface area contributed by atoms with Gasteiger partial charge in [-0.15, -0.1) is 0 Å². The summed E-state index contributed by atoms with van der Waals surface area (Å²) in [7, 11) is 0. The molecule has 0 aromatic carbocycles. The molecule has 1 rings (SSSR count). The Morgan fingerprint density at radius 2 is 2.33 bits per heavy atom. The van der Waals surface area contributed by atoms with Crippen LogP contribution in [-0.4, -0.2) is 20.5 Å². The van der Waals surface area contributed by atoms with E-state index < -0.39 is 0 Å². The van der Waals surface area contributed by atoms with Crippen LogP contribution < -0.4 is 5.49 Å². The van der Waals surface area contributed by atoms with Crippen molar-refractivity contribution in [3.8, 4) is 6.01 Å². The molecule has 0 aliphatic heterocycles. The zero-order chi connectivity index (χ0) is 9.30. The molecule has 1 aromatic rings. The van der Waals surface area contributed by atoms with E-state index in [-0.39, 0.29) is 17.3 Å². The number of aromatic nitrogens is 2. The summed E-state index contributed by atoms with van der Waals surface area (Å²) in [6.45, 7) is 1.46. The fraction of sp³-hybridized carbons (Fsp3) is 0.167. The van der Waals surface area contributed by atoms with Crippen molar-refractivity contribution in [2.75, 3.05) is 0 Å². The van der Waals surface area contributed by atoms with Crippen LogP contribution in [0.2, 0.25) is 0 Å². The summed E-state index contributed by atoms with van der Waals surface area (Å²) < 4.78 is 1.45. The van der Waals surface area contributed by atoms with Gasteiger partial charge in [0.25, 0.3) is 0 Å². The first-order valence-corrected chi connectivity index (χ1v) is 3.90. The van der Waals surface area contributed by atoms with Crippen LogP contribution in [0.25, 0.3) is 0 Å². The van der Waals surface area contributed by atoms with E-state index in [1.54, 1.807) is 0 Å². The van der Waals surface area contributed by atoms with E-state index in [0.717, 1.165) is 4.57 Å². The molecule has 1 heterocycles. The molecule has 0 saturated carbocycles. The van der Waals surface area contributed by atoms with Crippen LogP contribution in [0.3, 0.4) is 0 Å². The number of hydrogen-bond acceptors (Lipinski definition) is 4. The SMILES string of the molecule is CC(=N)n1c(O)ncc(Br)c1=N. The Morgan fingerprint density at radius 1 is 1.75 bits per heavy atom. The number of hydrogen-bond donors (Lipinski definition) is 3. The van der Waals surface area contributed by atoms with E-state index in [4.69, 9.17) is 15.9 Å². The summed E-state index contributed by atoms with van der Waals surface area (Å²) >= 11 is 3.07. The molecule has 0 fully saturated rings. The fourth-order valence-corrected chi connectivity index (χ4v) is 1.04. The second-order valence-corrected chi connectivity index (χ2v) is 3.03. The Hall–Kier alpha value is -1.17. The van der Waals surface area contributed by atoms with Gasteiger partial charge >= 0.3 is 6.01 Å². The van der Waals surface area contributed by atoms with Gasteiger partial charge in [-0.25, -0.2) is 9.55 Å². The molecule has 0 unspecified atom stereocenters. The lowest BCUT2D eigenvalue weighted by atomic mass is 10.5. The molecule has 6 heteroatoms. The Kier molecular flexibility index (Phi) is 2.27. The van der Waals surface area contributed by atoms with Gasteiger partial charge in [0, 0.05) is 0 Å². The van der Waals surface area contributed by atoms with Gasteiger partial charge in [-0.2, -0.15) is 0 Å². The lowest BCUT2D eigenvalue weighted by molar-refractivity contribution is 0.413. The van der Waals surface area contributed by atoms with Crippen molar-refractivity contribution in [3.63, 3.8) is 0 Å². The summed E-state index contributed by atoms with van der Waals surface area (Å²) in [6, 6.07) is -0.351. The van der Waals surface area contributed by atoms with E-state index in [1.165, 1.54) is 13.1 Å². The summed E-state index contributed by atoms with van der Waals surface area (Å²) in [5, 5.41) is 23.8. The average Bonchev–Trinajstić information content (AvgIpc) is 1.97. The predicted octanol–water partition coefficient (Wildman–Crippen LogP) is 0.676. The van der Waals surface area contributed by atoms with Gasteiger partial charge in [-0.1, -0.05) is 0 Å². The quantitative estimate of drug-likeness (QED) is 0.452. The molecule has 3 N–H and O–H groups in total. The van der Waals surface area contributed by atoms with Crippen molar-refractivity contribution in [2.24, 2.45) is 0 Å². The van der Waals surface area contributed by atoms with Gasteiger partial charge < -0.3 is 5.11 Å². The minimum absolute atomic E-state index is 0.00926. The van der Waals surface area contributed by atoms with Crippen molar-refractivity contribution in [2.45, 2.75) is 6.92 Å². The molecular weight excluding hydrogens is 224 g/mol. The molecule has 0 saturated heterocycles. The van der Waals surface area contributed by atoms with E-state index in [9.17, 15) is 0 Å². The van der Waals surface area contributed by atoms with Gasteiger partial charge in [0.1, 0.15) is 5.84 Å². The normalized spacial score (nSPS) is 9.83. The number of nitrogens with one attached hydrogen (secondary N) is 2. The number of nitrogens with zero attached hydrogens (tertiary/aromatic N) is 2. The molecule has 0 spiro atoms. The minimum atomic E-state index is -0.351. The second-order valence-electron chi connectivity index (χ2n) is 2.18. The van der Waals surface area contributed by atoms with Crippen molar-refractivity contribution in [3.05, 3.63) is 16.2 Å². The number of rotatable bonds is 0. The average molecular weight is 231 g/mol. The molecular formula is C6H7BrN4O. The second kappa shape index (κ2) is 3.06. The van der Waals surface area contributed by atoms with Crippen LogP contribution in [0.15, 0.2) is 10.7 Å². The smallest absolute Gasteiger partial charge is 0.301 e. The van der Waals surface area contributed by atoms with Crippen molar-refractivity contribution < 1.29 is 5.11 Å². The lowest BCUT2D eigenvalue weighted by Crippen LogP contribution is -2.25. The highest BCUT2D eigenvalue weighted by molar-refractivity contribution is 9.10. The highest BCUT2D eigenvalue weighted by atomic mass is 79.9. The third kappa shape index (κ3) is 1.38. The Balaban J connectivity index is 3.55. The molecule has 0 aliphatic carbocycles. The molecule has 0 amide bonds. The maximum absolute atomic E-state index is 9.16. The molecule has 0 aliphatic rings. The summed E-state index contributed by atoms with van der Waals surface area (Å²) in [5.41, 5.74) is 0.00926. The lowest BCUT2D eigenvalue weighted by Gasteiger charge is -2.05. The maximum Gasteiger partial charge on any atom is 0.301 e. The van der Waals surface area contributed by atoms with Crippen LogP contribution in [-0.2, 0) is 0 Å². The monoisotopic (exact) mass is 230 g/mol. The fourth-order valence-electron chi connectivity index (χ4n) is 0.758. The highest BCUT2D eigenvalue weighted by Gasteiger charge is 2.05. The van der Waals surface area contributed by atoms with Gasteiger partial charge in [0.05, 0.1) is 10.7 Å². The summed E-state index contributed by atoms with van der Waals surface area (Å²) in [6.07, 6.45) is 1.32. The molecule has 64 valence electrons. The summed E-state index contributed by atoms with van der Waals surface area (Å²) in [5.74, 6) is 0.0475. The number of aromatic hydroxyl groups is 1. The standard InChI is InChI=1S/C6H7BrN4O/c1-3(8)11-5(9)4(7)2-10-6(11)12/h2,8-9H,1H3,(H,10,12). The largest absolute Gasteiger partial charge is 0.480 e. The van der Waals surface area contributed by atoms with E-state index in [1.807, 2.05) is 0 Å². The van der Waals surface area contributed by atoms with E-state index in [2.05, 4.69) is 20.9 Å². The third-order valence-corrected chi connectivity index (χ3v) is 1.86. The first kappa shape index (κ1) is 8.92.